The van der Waals surface area contributed by atoms with Crippen LogP contribution in [0.3, 0.4) is 0 Å². The summed E-state index contributed by atoms with van der Waals surface area (Å²) in [6.07, 6.45) is 1.81. The summed E-state index contributed by atoms with van der Waals surface area (Å²) < 4.78 is 19.0. The predicted molar refractivity (Wildman–Crippen MR) is 128 cm³/mol. The number of halogens is 2. The Hall–Kier alpha value is -1.67. The number of nitrogens with one attached hydrogen (secondary N) is 2. The summed E-state index contributed by atoms with van der Waals surface area (Å²) in [5.74, 6) is 0.600. The van der Waals surface area contributed by atoms with Crippen LogP contribution in [0.2, 0.25) is 0 Å². The van der Waals surface area contributed by atoms with Crippen LogP contribution in [0, 0.1) is 12.7 Å². The molecule has 4 nitrogen and oxygen atoms in total. The molecule has 0 unspecified atom stereocenters. The predicted octanol–water partition coefficient (Wildman–Crippen LogP) is 4.56. The molecule has 0 bridgehead atoms. The second-order valence-electron chi connectivity index (χ2n) is 7.43. The third kappa shape index (κ3) is 6.67. The Labute approximate surface area is 190 Å². The van der Waals surface area contributed by atoms with Crippen molar-refractivity contribution >= 4 is 29.9 Å². The summed E-state index contributed by atoms with van der Waals surface area (Å²) in [5, 5.41) is 6.84. The number of aryl methyl sites for hydroxylation is 1. The van der Waals surface area contributed by atoms with Crippen LogP contribution in [0.1, 0.15) is 36.5 Å². The summed E-state index contributed by atoms with van der Waals surface area (Å²) in [6, 6.07) is 15.3. The highest BCUT2D eigenvalue weighted by atomic mass is 127. The maximum absolute atomic E-state index is 13.4. The molecule has 1 aliphatic rings. The van der Waals surface area contributed by atoms with Crippen LogP contribution >= 0.6 is 24.0 Å². The van der Waals surface area contributed by atoms with Crippen molar-refractivity contribution in [2.75, 3.05) is 26.3 Å². The second-order valence-corrected chi connectivity index (χ2v) is 7.43. The van der Waals surface area contributed by atoms with Gasteiger partial charge in [0.1, 0.15) is 5.82 Å². The molecule has 0 aromatic heterocycles. The fourth-order valence-electron chi connectivity index (χ4n) is 3.59. The lowest BCUT2D eigenvalue weighted by Gasteiger charge is -2.38. The molecule has 0 atom stereocenters. The number of hydrogen-bond acceptors (Lipinski definition) is 2. The van der Waals surface area contributed by atoms with E-state index in [0.29, 0.717) is 6.54 Å². The number of rotatable bonds is 6. The van der Waals surface area contributed by atoms with Gasteiger partial charge >= 0.3 is 0 Å². The zero-order chi connectivity index (χ0) is 19.8. The molecule has 2 aromatic rings. The van der Waals surface area contributed by atoms with E-state index in [9.17, 15) is 4.39 Å². The summed E-state index contributed by atoms with van der Waals surface area (Å²) in [5.41, 5.74) is 3.51. The number of aliphatic imine (C=N–C) groups is 1. The van der Waals surface area contributed by atoms with Gasteiger partial charge in [0.25, 0.3) is 0 Å². The minimum Gasteiger partial charge on any atom is -0.381 e. The molecule has 1 fully saturated rings. The van der Waals surface area contributed by atoms with Crippen molar-refractivity contribution in [1.29, 1.82) is 0 Å². The third-order valence-corrected chi connectivity index (χ3v) is 5.39. The molecular formula is C23H31FIN3O. The van der Waals surface area contributed by atoms with Crippen LogP contribution < -0.4 is 10.6 Å². The van der Waals surface area contributed by atoms with E-state index in [0.717, 1.165) is 50.7 Å². The number of guanidine groups is 1. The summed E-state index contributed by atoms with van der Waals surface area (Å²) >= 11 is 0. The minimum atomic E-state index is -0.202. The molecule has 0 spiro atoms. The van der Waals surface area contributed by atoms with Crippen molar-refractivity contribution in [2.24, 2.45) is 4.99 Å². The van der Waals surface area contributed by atoms with Crippen molar-refractivity contribution < 1.29 is 9.13 Å². The highest BCUT2D eigenvalue weighted by Crippen LogP contribution is 2.34. The first kappa shape index (κ1) is 23.6. The van der Waals surface area contributed by atoms with E-state index in [2.05, 4.69) is 48.7 Å². The smallest absolute Gasteiger partial charge is 0.191 e. The summed E-state index contributed by atoms with van der Waals surface area (Å²) in [4.78, 5) is 4.74. The van der Waals surface area contributed by atoms with Crippen LogP contribution in [-0.2, 0) is 16.7 Å². The second kappa shape index (κ2) is 11.5. The van der Waals surface area contributed by atoms with E-state index in [4.69, 9.17) is 9.73 Å². The lowest BCUT2D eigenvalue weighted by atomic mass is 9.74. The third-order valence-electron chi connectivity index (χ3n) is 5.39. The van der Waals surface area contributed by atoms with Gasteiger partial charge in [-0.2, -0.15) is 0 Å². The summed E-state index contributed by atoms with van der Waals surface area (Å²) in [7, 11) is 0. The lowest BCUT2D eigenvalue weighted by Crippen LogP contribution is -2.48. The Kier molecular flexibility index (Phi) is 9.36. The maximum Gasteiger partial charge on any atom is 0.191 e. The molecule has 0 saturated carbocycles. The van der Waals surface area contributed by atoms with Crippen LogP contribution in [-0.4, -0.2) is 32.3 Å². The van der Waals surface area contributed by atoms with Gasteiger partial charge in [0.05, 0.1) is 6.54 Å². The van der Waals surface area contributed by atoms with Gasteiger partial charge in [-0.15, -0.1) is 24.0 Å². The first-order valence-electron chi connectivity index (χ1n) is 10.0. The molecule has 29 heavy (non-hydrogen) atoms. The Balaban J connectivity index is 0.00000300. The number of nitrogens with zero attached hydrogens (tertiary/aromatic N) is 1. The largest absolute Gasteiger partial charge is 0.381 e. The van der Waals surface area contributed by atoms with Gasteiger partial charge in [-0.25, -0.2) is 9.38 Å². The van der Waals surface area contributed by atoms with E-state index in [-0.39, 0.29) is 35.2 Å². The van der Waals surface area contributed by atoms with Crippen LogP contribution in [0.4, 0.5) is 4.39 Å². The maximum atomic E-state index is 13.4. The Morgan fingerprint density at radius 3 is 2.31 bits per heavy atom. The molecule has 2 N–H and O–H groups in total. The Morgan fingerprint density at radius 2 is 1.69 bits per heavy atom. The first-order valence-corrected chi connectivity index (χ1v) is 10.0. The van der Waals surface area contributed by atoms with Gasteiger partial charge in [-0.1, -0.05) is 42.0 Å². The van der Waals surface area contributed by atoms with Crippen molar-refractivity contribution in [2.45, 2.75) is 38.6 Å². The van der Waals surface area contributed by atoms with Gasteiger partial charge in [-0.3, -0.25) is 0 Å². The Bertz CT molecular complexity index is 772. The SMILES string of the molecule is CCNC(=NCc1ccc(C)cc1)NCC1(c2ccc(F)cc2)CCOCC1.I. The fourth-order valence-corrected chi connectivity index (χ4v) is 3.59. The van der Waals surface area contributed by atoms with E-state index < -0.39 is 0 Å². The molecule has 0 radical (unpaired) electrons. The van der Waals surface area contributed by atoms with E-state index in [1.165, 1.54) is 11.1 Å². The van der Waals surface area contributed by atoms with Crippen molar-refractivity contribution in [3.63, 3.8) is 0 Å². The average Bonchev–Trinajstić information content (AvgIpc) is 2.72. The molecule has 1 heterocycles. The average molecular weight is 511 g/mol. The lowest BCUT2D eigenvalue weighted by molar-refractivity contribution is 0.0513. The topological polar surface area (TPSA) is 45.7 Å². The molecule has 3 rings (SSSR count). The fraction of sp³-hybridized carbons (Fsp3) is 0.435. The van der Waals surface area contributed by atoms with Crippen LogP contribution in [0.25, 0.3) is 0 Å². The molecule has 0 aliphatic carbocycles. The molecule has 1 aliphatic heterocycles. The monoisotopic (exact) mass is 511 g/mol. The van der Waals surface area contributed by atoms with Crippen LogP contribution in [0.5, 0.6) is 0 Å². The summed E-state index contributed by atoms with van der Waals surface area (Å²) in [6.45, 7) is 7.75. The zero-order valence-corrected chi connectivity index (χ0v) is 19.5. The van der Waals surface area contributed by atoms with Crippen molar-refractivity contribution in [1.82, 2.24) is 10.6 Å². The highest BCUT2D eigenvalue weighted by Gasteiger charge is 2.34. The molecule has 2 aromatic carbocycles. The van der Waals surface area contributed by atoms with E-state index in [1.54, 1.807) is 12.1 Å². The van der Waals surface area contributed by atoms with Crippen molar-refractivity contribution in [3.05, 3.63) is 71.0 Å². The normalized spacial score (nSPS) is 16.0. The number of hydrogen-bond donors (Lipinski definition) is 2. The first-order chi connectivity index (χ1) is 13.6. The zero-order valence-electron chi connectivity index (χ0n) is 17.2. The molecule has 0 amide bonds. The van der Waals surface area contributed by atoms with E-state index in [1.807, 2.05) is 12.1 Å². The van der Waals surface area contributed by atoms with E-state index >= 15 is 0 Å². The van der Waals surface area contributed by atoms with Crippen molar-refractivity contribution in [3.8, 4) is 0 Å². The quantitative estimate of drug-likeness (QED) is 0.340. The molecule has 6 heteroatoms. The number of benzene rings is 2. The molecule has 1 saturated heterocycles. The Morgan fingerprint density at radius 1 is 1.03 bits per heavy atom. The standard InChI is InChI=1S/C23H30FN3O.HI/c1-3-25-22(26-16-19-6-4-18(2)5-7-19)27-17-23(12-14-28-15-13-23)20-8-10-21(24)11-9-20;/h4-11H,3,12-17H2,1-2H3,(H2,25,26,27);1H. The van der Waals surface area contributed by atoms with Gasteiger partial charge in [0, 0.05) is 31.7 Å². The van der Waals surface area contributed by atoms with Crippen LogP contribution in [0.15, 0.2) is 53.5 Å². The van der Waals surface area contributed by atoms with Gasteiger partial charge in [-0.05, 0) is 49.9 Å². The molecular weight excluding hydrogens is 480 g/mol. The minimum absolute atomic E-state index is 0. The van der Waals surface area contributed by atoms with Gasteiger partial charge in [0.15, 0.2) is 5.96 Å². The molecule has 158 valence electrons. The van der Waals surface area contributed by atoms with Gasteiger partial charge < -0.3 is 15.4 Å². The number of ether oxygens (including phenoxy) is 1. The highest BCUT2D eigenvalue weighted by molar-refractivity contribution is 14.0. The van der Waals surface area contributed by atoms with Gasteiger partial charge in [0.2, 0.25) is 0 Å².